The van der Waals surface area contributed by atoms with E-state index in [1.54, 1.807) is 83.4 Å². The fourth-order valence-corrected chi connectivity index (χ4v) is 10.3. The van der Waals surface area contributed by atoms with Gasteiger partial charge in [-0.3, -0.25) is 9.59 Å². The predicted octanol–water partition coefficient (Wildman–Crippen LogP) is 14.3. The van der Waals surface area contributed by atoms with Gasteiger partial charge in [0.2, 0.25) is 0 Å². The lowest BCUT2D eigenvalue weighted by Crippen LogP contribution is -2.23. The maximum Gasteiger partial charge on any atom is 0.198 e. The standard InChI is InChI=1S/C38H30Cl4O4S4/c1-5-47-29-15-25-26(16-30(29)48-6-2)36(44)34-33(35(25)43)37(45-23-11-19(39)9-20(40)12-23)27-17-31(49-7-3)32(50-8-4)18-28(27)38(34)46-24-13-21(41)10-22(42)14-24/h9-18H,5-8H2,1-4H3. The molecule has 5 aromatic carbocycles. The third-order valence-electron chi connectivity index (χ3n) is 7.62. The normalized spacial score (nSPS) is 12.3. The van der Waals surface area contributed by atoms with Crippen molar-refractivity contribution >= 4 is 116 Å². The molecule has 6 rings (SSSR count). The van der Waals surface area contributed by atoms with Crippen molar-refractivity contribution < 1.29 is 19.1 Å². The zero-order chi connectivity index (χ0) is 35.7. The van der Waals surface area contributed by atoms with Crippen LogP contribution in [0, 0.1) is 0 Å². The smallest absolute Gasteiger partial charge is 0.198 e. The third-order valence-corrected chi connectivity index (χ3v) is 12.5. The van der Waals surface area contributed by atoms with E-state index < -0.39 is 0 Å². The van der Waals surface area contributed by atoms with Crippen LogP contribution in [0.4, 0.5) is 0 Å². The van der Waals surface area contributed by atoms with Gasteiger partial charge in [0.05, 0.1) is 11.1 Å². The lowest BCUT2D eigenvalue weighted by molar-refractivity contribution is 0.0975. The summed E-state index contributed by atoms with van der Waals surface area (Å²) in [6, 6.07) is 17.4. The Balaban J connectivity index is 1.75. The second kappa shape index (κ2) is 16.3. The van der Waals surface area contributed by atoms with Crippen molar-refractivity contribution in [2.24, 2.45) is 0 Å². The molecule has 0 bridgehead atoms. The zero-order valence-electron chi connectivity index (χ0n) is 27.4. The van der Waals surface area contributed by atoms with E-state index in [0.29, 0.717) is 53.5 Å². The van der Waals surface area contributed by atoms with Crippen molar-refractivity contribution in [2.45, 2.75) is 47.3 Å². The molecule has 0 amide bonds. The Labute approximate surface area is 328 Å². The van der Waals surface area contributed by atoms with Gasteiger partial charge in [-0.1, -0.05) is 74.1 Å². The van der Waals surface area contributed by atoms with Gasteiger partial charge in [0.15, 0.2) is 11.6 Å². The molecule has 0 atom stereocenters. The molecule has 0 radical (unpaired) electrons. The van der Waals surface area contributed by atoms with Gasteiger partial charge < -0.3 is 9.47 Å². The predicted molar refractivity (Wildman–Crippen MR) is 216 cm³/mol. The van der Waals surface area contributed by atoms with Crippen molar-refractivity contribution in [1.29, 1.82) is 0 Å². The van der Waals surface area contributed by atoms with E-state index in [9.17, 15) is 9.59 Å². The minimum absolute atomic E-state index is 0.0981. The molecule has 0 heterocycles. The molecular formula is C38H30Cl4O4S4. The average Bonchev–Trinajstić information content (AvgIpc) is 3.05. The fraction of sp³-hybridized carbons (Fsp3) is 0.211. The minimum atomic E-state index is -0.351. The minimum Gasteiger partial charge on any atom is -0.456 e. The molecule has 0 fully saturated rings. The van der Waals surface area contributed by atoms with Crippen LogP contribution in [-0.4, -0.2) is 34.6 Å². The van der Waals surface area contributed by atoms with Crippen LogP contribution in [0.2, 0.25) is 20.1 Å². The molecule has 50 heavy (non-hydrogen) atoms. The lowest BCUT2D eigenvalue weighted by Gasteiger charge is -2.27. The number of carbonyl (C=O) groups excluding carboxylic acids is 2. The SMILES string of the molecule is CCSc1cc2c(cc1SCC)C(=O)c1c(c(Oc3cc(Cl)cc(Cl)c3)c3cc(SCC)c(SCC)cc3c1Oc1cc(Cl)cc(Cl)c1)C2=O. The van der Waals surface area contributed by atoms with Crippen LogP contribution in [0.15, 0.2) is 80.2 Å². The highest BCUT2D eigenvalue weighted by Crippen LogP contribution is 2.51. The first-order valence-electron chi connectivity index (χ1n) is 15.8. The summed E-state index contributed by atoms with van der Waals surface area (Å²) in [5.74, 6) is 3.62. The van der Waals surface area contributed by atoms with E-state index >= 15 is 0 Å². The van der Waals surface area contributed by atoms with Crippen molar-refractivity contribution in [3.05, 3.63) is 103 Å². The van der Waals surface area contributed by atoms with E-state index in [2.05, 4.69) is 27.7 Å². The average molecular weight is 821 g/mol. The maximum atomic E-state index is 15.0. The quantitative estimate of drug-likeness (QED) is 0.113. The van der Waals surface area contributed by atoms with Crippen molar-refractivity contribution in [2.75, 3.05) is 23.0 Å². The molecular weight excluding hydrogens is 790 g/mol. The van der Waals surface area contributed by atoms with Gasteiger partial charge >= 0.3 is 0 Å². The molecule has 1 aliphatic rings. The summed E-state index contributed by atoms with van der Waals surface area (Å²) in [5.41, 5.74) is 0.817. The number of fused-ring (bicyclic) bond motifs is 3. The van der Waals surface area contributed by atoms with Gasteiger partial charge in [-0.15, -0.1) is 47.0 Å². The molecule has 258 valence electrons. The Morgan fingerprint density at radius 2 is 0.760 bits per heavy atom. The molecule has 0 spiro atoms. The molecule has 0 unspecified atom stereocenters. The van der Waals surface area contributed by atoms with Crippen LogP contribution in [0.25, 0.3) is 10.8 Å². The largest absolute Gasteiger partial charge is 0.456 e. The van der Waals surface area contributed by atoms with Crippen molar-refractivity contribution in [1.82, 2.24) is 0 Å². The molecule has 4 nitrogen and oxygen atoms in total. The lowest BCUT2D eigenvalue weighted by atomic mass is 9.81. The van der Waals surface area contributed by atoms with Crippen LogP contribution in [0.1, 0.15) is 59.5 Å². The van der Waals surface area contributed by atoms with E-state index in [1.807, 2.05) is 24.3 Å². The highest BCUT2D eigenvalue weighted by atomic mass is 35.5. The number of rotatable bonds is 12. The van der Waals surface area contributed by atoms with Crippen LogP contribution in [0.3, 0.4) is 0 Å². The summed E-state index contributed by atoms with van der Waals surface area (Å²) >= 11 is 32.3. The van der Waals surface area contributed by atoms with Gasteiger partial charge in [-0.25, -0.2) is 0 Å². The summed E-state index contributed by atoms with van der Waals surface area (Å²) in [7, 11) is 0. The molecule has 0 saturated heterocycles. The second-order valence-corrected chi connectivity index (χ2v) is 17.9. The van der Waals surface area contributed by atoms with Crippen molar-refractivity contribution in [3.8, 4) is 23.0 Å². The summed E-state index contributed by atoms with van der Waals surface area (Å²) < 4.78 is 13.3. The first kappa shape index (κ1) is 37.6. The number of ketones is 2. The number of hydrogen-bond acceptors (Lipinski definition) is 8. The highest BCUT2D eigenvalue weighted by Gasteiger charge is 2.39. The molecule has 12 heteroatoms. The van der Waals surface area contributed by atoms with Gasteiger partial charge in [0, 0.05) is 61.6 Å². The Hall–Kier alpha value is -2.14. The van der Waals surface area contributed by atoms with E-state index in [4.69, 9.17) is 55.9 Å². The second-order valence-electron chi connectivity index (χ2n) is 10.9. The van der Waals surface area contributed by atoms with Gasteiger partial charge in [-0.05, 0) is 83.7 Å². The molecule has 0 N–H and O–H groups in total. The Bertz CT molecular complexity index is 1980. The number of thioether (sulfide) groups is 4. The molecule has 0 saturated carbocycles. The van der Waals surface area contributed by atoms with Crippen molar-refractivity contribution in [3.63, 3.8) is 0 Å². The molecule has 5 aromatic rings. The van der Waals surface area contributed by atoms with E-state index in [-0.39, 0.29) is 34.2 Å². The number of carbonyl (C=O) groups is 2. The Morgan fingerprint density at radius 3 is 1.06 bits per heavy atom. The first-order valence-corrected chi connectivity index (χ1v) is 21.3. The highest BCUT2D eigenvalue weighted by molar-refractivity contribution is 8.02. The van der Waals surface area contributed by atoms with Crippen LogP contribution < -0.4 is 9.47 Å². The third kappa shape index (κ3) is 7.65. The number of halogens is 4. The number of benzene rings is 5. The Morgan fingerprint density at radius 1 is 0.460 bits per heavy atom. The topological polar surface area (TPSA) is 52.6 Å². The zero-order valence-corrected chi connectivity index (χ0v) is 33.7. The monoisotopic (exact) mass is 818 g/mol. The summed E-state index contributed by atoms with van der Waals surface area (Å²) in [5, 5.41) is 2.63. The summed E-state index contributed by atoms with van der Waals surface area (Å²) in [6.07, 6.45) is 0. The van der Waals surface area contributed by atoms with Gasteiger partial charge in [0.1, 0.15) is 23.0 Å². The summed E-state index contributed by atoms with van der Waals surface area (Å²) in [4.78, 5) is 33.8. The van der Waals surface area contributed by atoms with Crippen LogP contribution >= 0.6 is 93.5 Å². The first-order chi connectivity index (χ1) is 24.1. The Kier molecular flexibility index (Phi) is 12.2. The van der Waals surface area contributed by atoms with Crippen LogP contribution in [-0.2, 0) is 0 Å². The summed E-state index contributed by atoms with van der Waals surface area (Å²) in [6.45, 7) is 8.29. The van der Waals surface area contributed by atoms with Crippen LogP contribution in [0.5, 0.6) is 23.0 Å². The number of ether oxygens (including phenoxy) is 2. The number of hydrogen-bond donors (Lipinski definition) is 0. The fourth-order valence-electron chi connectivity index (χ4n) is 5.77. The van der Waals surface area contributed by atoms with E-state index in [0.717, 1.165) is 42.6 Å². The maximum absolute atomic E-state index is 15.0. The molecule has 0 aliphatic heterocycles. The molecule has 1 aliphatic carbocycles. The van der Waals surface area contributed by atoms with E-state index in [1.165, 1.54) is 0 Å². The molecule has 0 aromatic heterocycles. The van der Waals surface area contributed by atoms with Gasteiger partial charge in [0.25, 0.3) is 0 Å². The van der Waals surface area contributed by atoms with Gasteiger partial charge in [-0.2, -0.15) is 0 Å².